The number of benzene rings is 1. The molecule has 1 saturated heterocycles. The quantitative estimate of drug-likeness (QED) is 0.610. The molecule has 0 spiro atoms. The van der Waals surface area contributed by atoms with Crippen LogP contribution < -0.4 is 0 Å². The van der Waals surface area contributed by atoms with Crippen molar-refractivity contribution in [3.05, 3.63) is 40.6 Å². The highest BCUT2D eigenvalue weighted by molar-refractivity contribution is 7.80. The Labute approximate surface area is 110 Å². The molecular formula is C12H10ClNO2S. The van der Waals surface area contributed by atoms with Crippen LogP contribution in [-0.2, 0) is 9.53 Å². The van der Waals surface area contributed by atoms with Gasteiger partial charge in [-0.15, -0.1) is 0 Å². The lowest BCUT2D eigenvalue weighted by atomic mass is 10.2. The maximum Gasteiger partial charge on any atom is 0.297 e. The number of likely N-dealkylation sites (N-methyl/N-ethyl adjacent to an activating group) is 1. The topological polar surface area (TPSA) is 29.5 Å². The van der Waals surface area contributed by atoms with Gasteiger partial charge in [-0.25, -0.2) is 0 Å². The Kier molecular flexibility index (Phi) is 3.45. The Morgan fingerprint density at radius 3 is 2.59 bits per heavy atom. The molecule has 0 aliphatic carbocycles. The Hall–Kier alpha value is -1.39. The largest absolute Gasteiger partial charge is 0.426 e. The van der Waals surface area contributed by atoms with Crippen LogP contribution in [0.5, 0.6) is 0 Å². The number of ether oxygens (including phenoxy) is 1. The van der Waals surface area contributed by atoms with Gasteiger partial charge in [-0.1, -0.05) is 23.7 Å². The van der Waals surface area contributed by atoms with Gasteiger partial charge in [0.05, 0.1) is 0 Å². The lowest BCUT2D eigenvalue weighted by Gasteiger charge is -2.06. The number of amides is 1. The van der Waals surface area contributed by atoms with Crippen LogP contribution in [0.1, 0.15) is 12.5 Å². The molecule has 17 heavy (non-hydrogen) atoms. The Morgan fingerprint density at radius 1 is 1.41 bits per heavy atom. The van der Waals surface area contributed by atoms with E-state index in [4.69, 9.17) is 28.6 Å². The summed E-state index contributed by atoms with van der Waals surface area (Å²) in [6, 6.07) is 7.12. The number of hydrogen-bond donors (Lipinski definition) is 0. The first-order valence-corrected chi connectivity index (χ1v) is 5.91. The number of nitrogens with zero attached hydrogens (tertiary/aromatic N) is 1. The zero-order valence-electron chi connectivity index (χ0n) is 9.14. The van der Waals surface area contributed by atoms with E-state index < -0.39 is 0 Å². The number of carbonyl (C=O) groups is 1. The second-order valence-electron chi connectivity index (χ2n) is 3.48. The second kappa shape index (κ2) is 4.85. The van der Waals surface area contributed by atoms with Gasteiger partial charge in [-0.05, 0) is 42.9 Å². The van der Waals surface area contributed by atoms with E-state index in [1.807, 2.05) is 19.1 Å². The molecule has 5 heteroatoms. The molecule has 1 aliphatic heterocycles. The fraction of sp³-hybridized carbons (Fsp3) is 0.167. The van der Waals surface area contributed by atoms with E-state index >= 15 is 0 Å². The molecule has 1 heterocycles. The minimum absolute atomic E-state index is 0.201. The summed E-state index contributed by atoms with van der Waals surface area (Å²) in [5.74, 6) is 0.0478. The van der Waals surface area contributed by atoms with E-state index in [9.17, 15) is 4.79 Å². The molecule has 88 valence electrons. The fourth-order valence-electron chi connectivity index (χ4n) is 1.48. The van der Waals surface area contributed by atoms with Crippen molar-refractivity contribution < 1.29 is 9.53 Å². The molecule has 1 aromatic rings. The number of thiocarbonyl (C=S) groups is 1. The molecule has 1 aromatic carbocycles. The third-order valence-corrected chi connectivity index (χ3v) is 2.91. The summed E-state index contributed by atoms with van der Waals surface area (Å²) in [6.45, 7) is 2.36. The summed E-state index contributed by atoms with van der Waals surface area (Å²) in [4.78, 5) is 13.3. The summed E-state index contributed by atoms with van der Waals surface area (Å²) in [7, 11) is 0. The van der Waals surface area contributed by atoms with E-state index in [0.29, 0.717) is 11.6 Å². The van der Waals surface area contributed by atoms with Gasteiger partial charge in [0, 0.05) is 11.6 Å². The Bertz CT molecular complexity index is 496. The van der Waals surface area contributed by atoms with Crippen molar-refractivity contribution in [2.45, 2.75) is 6.92 Å². The van der Waals surface area contributed by atoms with E-state index in [-0.39, 0.29) is 16.8 Å². The van der Waals surface area contributed by atoms with Gasteiger partial charge in [0.2, 0.25) is 0 Å². The summed E-state index contributed by atoms with van der Waals surface area (Å²) >= 11 is 10.7. The molecule has 0 N–H and O–H groups in total. The van der Waals surface area contributed by atoms with Gasteiger partial charge >= 0.3 is 0 Å². The zero-order valence-corrected chi connectivity index (χ0v) is 10.7. The third-order valence-electron chi connectivity index (χ3n) is 2.36. The number of rotatable bonds is 2. The summed E-state index contributed by atoms with van der Waals surface area (Å²) in [5, 5.41) is 0.856. The molecule has 0 bridgehead atoms. The number of halogens is 1. The van der Waals surface area contributed by atoms with Gasteiger partial charge in [-0.3, -0.25) is 9.69 Å². The van der Waals surface area contributed by atoms with E-state index in [1.54, 1.807) is 18.2 Å². The van der Waals surface area contributed by atoms with Crippen molar-refractivity contribution in [2.75, 3.05) is 6.54 Å². The van der Waals surface area contributed by atoms with Crippen molar-refractivity contribution in [2.24, 2.45) is 0 Å². The van der Waals surface area contributed by atoms with Crippen LogP contribution in [0.2, 0.25) is 5.02 Å². The molecule has 1 fully saturated rings. The minimum atomic E-state index is -0.201. The van der Waals surface area contributed by atoms with Gasteiger partial charge < -0.3 is 4.74 Å². The van der Waals surface area contributed by atoms with Crippen LogP contribution in [0.25, 0.3) is 6.08 Å². The normalized spacial score (nSPS) is 17.8. The molecule has 1 amide bonds. The number of carbonyl (C=O) groups excluding carboxylic acids is 1. The number of hydrogen-bond acceptors (Lipinski definition) is 3. The maximum absolute atomic E-state index is 11.8. The zero-order chi connectivity index (χ0) is 12.4. The fourth-order valence-corrected chi connectivity index (χ4v) is 1.91. The lowest BCUT2D eigenvalue weighted by molar-refractivity contribution is -0.122. The van der Waals surface area contributed by atoms with Crippen molar-refractivity contribution in [1.29, 1.82) is 0 Å². The Balaban J connectivity index is 2.27. The first kappa shape index (κ1) is 12.1. The van der Waals surface area contributed by atoms with Crippen LogP contribution in [0.3, 0.4) is 0 Å². The van der Waals surface area contributed by atoms with Gasteiger partial charge in [-0.2, -0.15) is 0 Å². The molecule has 3 nitrogen and oxygen atoms in total. The summed E-state index contributed by atoms with van der Waals surface area (Å²) in [5.41, 5.74) is 0.846. The molecule has 0 aromatic heterocycles. The molecule has 1 aliphatic rings. The third kappa shape index (κ3) is 2.48. The molecule has 0 unspecified atom stereocenters. The van der Waals surface area contributed by atoms with Crippen LogP contribution >= 0.6 is 23.8 Å². The molecule has 0 atom stereocenters. The van der Waals surface area contributed by atoms with Crippen LogP contribution in [0.4, 0.5) is 0 Å². The SMILES string of the molecule is CCN1C(=O)C(=Cc2ccc(Cl)cc2)OC1=S. The van der Waals surface area contributed by atoms with Crippen LogP contribution in [0, 0.1) is 0 Å². The molecule has 0 saturated carbocycles. The molecule has 2 rings (SSSR count). The first-order valence-electron chi connectivity index (χ1n) is 5.12. The lowest BCUT2D eigenvalue weighted by Crippen LogP contribution is -2.27. The molecular weight excluding hydrogens is 258 g/mol. The first-order chi connectivity index (χ1) is 8.11. The van der Waals surface area contributed by atoms with Crippen molar-refractivity contribution in [1.82, 2.24) is 4.90 Å². The highest BCUT2D eigenvalue weighted by atomic mass is 35.5. The van der Waals surface area contributed by atoms with Crippen LogP contribution in [-0.4, -0.2) is 22.5 Å². The average molecular weight is 268 g/mol. The summed E-state index contributed by atoms with van der Waals surface area (Å²) in [6.07, 6.45) is 1.65. The van der Waals surface area contributed by atoms with Crippen LogP contribution in [0.15, 0.2) is 30.0 Å². The Morgan fingerprint density at radius 2 is 2.06 bits per heavy atom. The second-order valence-corrected chi connectivity index (χ2v) is 4.26. The van der Waals surface area contributed by atoms with E-state index in [2.05, 4.69) is 0 Å². The van der Waals surface area contributed by atoms with Crippen molar-refractivity contribution in [3.63, 3.8) is 0 Å². The minimum Gasteiger partial charge on any atom is -0.426 e. The van der Waals surface area contributed by atoms with Gasteiger partial charge in [0.15, 0.2) is 5.76 Å². The van der Waals surface area contributed by atoms with Gasteiger partial charge in [0.25, 0.3) is 11.1 Å². The average Bonchev–Trinajstić information content (AvgIpc) is 2.57. The highest BCUT2D eigenvalue weighted by Gasteiger charge is 2.31. The highest BCUT2D eigenvalue weighted by Crippen LogP contribution is 2.20. The van der Waals surface area contributed by atoms with Crippen molar-refractivity contribution >= 4 is 41.0 Å². The monoisotopic (exact) mass is 267 g/mol. The van der Waals surface area contributed by atoms with E-state index in [0.717, 1.165) is 5.56 Å². The molecule has 0 radical (unpaired) electrons. The maximum atomic E-state index is 11.8. The van der Waals surface area contributed by atoms with Gasteiger partial charge in [0.1, 0.15) is 0 Å². The van der Waals surface area contributed by atoms with E-state index in [1.165, 1.54) is 4.90 Å². The van der Waals surface area contributed by atoms with Crippen molar-refractivity contribution in [3.8, 4) is 0 Å². The smallest absolute Gasteiger partial charge is 0.297 e. The standard InChI is InChI=1S/C12H10ClNO2S/c1-2-14-11(15)10(16-12(14)17)7-8-3-5-9(13)6-4-8/h3-7H,2H2,1H3. The predicted octanol–water partition coefficient (Wildman–Crippen LogP) is 2.84. The predicted molar refractivity (Wildman–Crippen MR) is 70.5 cm³/mol. The summed E-state index contributed by atoms with van der Waals surface area (Å²) < 4.78 is 5.25.